The Hall–Kier alpha value is -2.51. The molecular formula is C14H13F3N2O3. The van der Waals surface area contributed by atoms with Crippen LogP contribution in [0.5, 0.6) is 5.75 Å². The van der Waals surface area contributed by atoms with Gasteiger partial charge in [-0.3, -0.25) is 4.79 Å². The fraction of sp³-hybridized carbons (Fsp3) is 0.286. The summed E-state index contributed by atoms with van der Waals surface area (Å²) in [6, 6.07) is -0.215. The van der Waals surface area contributed by atoms with Crippen molar-refractivity contribution in [1.29, 1.82) is 0 Å². The van der Waals surface area contributed by atoms with Crippen molar-refractivity contribution in [3.8, 4) is 5.75 Å². The Morgan fingerprint density at radius 2 is 1.95 bits per heavy atom. The van der Waals surface area contributed by atoms with Gasteiger partial charge < -0.3 is 14.9 Å². The number of rotatable bonds is 3. The van der Waals surface area contributed by atoms with Crippen molar-refractivity contribution in [2.45, 2.75) is 26.8 Å². The third-order valence-electron chi connectivity index (χ3n) is 3.25. The molecule has 0 aliphatic carbocycles. The lowest BCUT2D eigenvalue weighted by Gasteiger charge is -2.14. The van der Waals surface area contributed by atoms with Crippen molar-refractivity contribution in [1.82, 2.24) is 10.5 Å². The van der Waals surface area contributed by atoms with Gasteiger partial charge in [-0.1, -0.05) is 5.16 Å². The van der Waals surface area contributed by atoms with E-state index in [9.17, 15) is 18.0 Å². The number of aromatic nitrogens is 1. The van der Waals surface area contributed by atoms with Gasteiger partial charge in [0, 0.05) is 5.56 Å². The maximum atomic E-state index is 13.7. The van der Waals surface area contributed by atoms with Gasteiger partial charge >= 0.3 is 0 Å². The summed E-state index contributed by atoms with van der Waals surface area (Å²) in [6.07, 6.45) is 0. The van der Waals surface area contributed by atoms with Crippen LogP contribution in [0.3, 0.4) is 0 Å². The molecule has 5 nitrogen and oxygen atoms in total. The minimum absolute atomic E-state index is 0.389. The molecule has 1 aromatic heterocycles. The molecule has 1 unspecified atom stereocenters. The number of benzene rings is 1. The van der Waals surface area contributed by atoms with E-state index in [1.54, 1.807) is 20.8 Å². The van der Waals surface area contributed by atoms with Gasteiger partial charge in [0.1, 0.15) is 5.76 Å². The number of carbonyl (C=O) groups is 1. The first-order valence-electron chi connectivity index (χ1n) is 6.34. The Balaban J connectivity index is 2.31. The molecule has 2 aromatic rings. The van der Waals surface area contributed by atoms with Crippen LogP contribution in [0.15, 0.2) is 10.6 Å². The molecule has 2 rings (SSSR count). The molecule has 1 aromatic carbocycles. The van der Waals surface area contributed by atoms with E-state index in [0.717, 1.165) is 0 Å². The average molecular weight is 314 g/mol. The third kappa shape index (κ3) is 2.63. The van der Waals surface area contributed by atoms with Crippen LogP contribution in [0.2, 0.25) is 0 Å². The van der Waals surface area contributed by atoms with Gasteiger partial charge in [0.15, 0.2) is 17.4 Å². The van der Waals surface area contributed by atoms with Crippen LogP contribution < -0.4 is 5.32 Å². The fourth-order valence-electron chi connectivity index (χ4n) is 2.21. The van der Waals surface area contributed by atoms with Crippen molar-refractivity contribution in [3.63, 3.8) is 0 Å². The summed E-state index contributed by atoms with van der Waals surface area (Å²) in [4.78, 5) is 12.0. The average Bonchev–Trinajstić information content (AvgIpc) is 2.79. The molecule has 0 saturated carbocycles. The third-order valence-corrected chi connectivity index (χ3v) is 3.25. The molecule has 1 heterocycles. The fourth-order valence-corrected chi connectivity index (χ4v) is 2.21. The molecule has 1 atom stereocenters. The van der Waals surface area contributed by atoms with E-state index in [1.165, 1.54) is 0 Å². The number of aryl methyl sites for hydroxylation is 2. The number of nitrogens with zero attached hydrogens (tertiary/aromatic N) is 1. The number of phenols is 1. The highest BCUT2D eigenvalue weighted by Gasteiger charge is 2.25. The topological polar surface area (TPSA) is 75.4 Å². The Kier molecular flexibility index (Phi) is 4.11. The Labute approximate surface area is 123 Å². The van der Waals surface area contributed by atoms with E-state index >= 15 is 0 Å². The van der Waals surface area contributed by atoms with E-state index in [-0.39, 0.29) is 0 Å². The standard InChI is InChI=1S/C14H13F3N2O3/c1-5(10-6(2)19-22-7(10)3)18-14(21)8-4-9(15)12(17)13(20)11(8)16/h4-5,20H,1-3H3,(H,18,21). The van der Waals surface area contributed by atoms with Crippen LogP contribution >= 0.6 is 0 Å². The Morgan fingerprint density at radius 1 is 1.32 bits per heavy atom. The van der Waals surface area contributed by atoms with Gasteiger partial charge in [0.05, 0.1) is 17.3 Å². The highest BCUT2D eigenvalue weighted by atomic mass is 19.2. The molecule has 0 aliphatic heterocycles. The van der Waals surface area contributed by atoms with Crippen molar-refractivity contribution in [2.75, 3.05) is 0 Å². The quantitative estimate of drug-likeness (QED) is 0.854. The summed E-state index contributed by atoms with van der Waals surface area (Å²) in [7, 11) is 0. The number of phenolic OH excluding ortho intramolecular Hbond substituents is 1. The zero-order chi connectivity index (χ0) is 16.6. The molecule has 0 saturated heterocycles. The number of nitrogens with one attached hydrogen (secondary N) is 1. The molecule has 0 spiro atoms. The molecule has 0 radical (unpaired) electrons. The predicted molar refractivity (Wildman–Crippen MR) is 69.8 cm³/mol. The molecule has 8 heteroatoms. The zero-order valence-electron chi connectivity index (χ0n) is 12.0. The lowest BCUT2D eigenvalue weighted by Crippen LogP contribution is -2.28. The maximum absolute atomic E-state index is 13.7. The zero-order valence-corrected chi connectivity index (χ0v) is 12.0. The minimum atomic E-state index is -1.74. The van der Waals surface area contributed by atoms with Crippen molar-refractivity contribution in [2.24, 2.45) is 0 Å². The van der Waals surface area contributed by atoms with E-state index in [2.05, 4.69) is 10.5 Å². The second-order valence-electron chi connectivity index (χ2n) is 4.82. The lowest BCUT2D eigenvalue weighted by molar-refractivity contribution is 0.0933. The summed E-state index contributed by atoms with van der Waals surface area (Å²) in [6.45, 7) is 4.91. The molecule has 0 aliphatic rings. The summed E-state index contributed by atoms with van der Waals surface area (Å²) < 4.78 is 44.9. The number of hydrogen-bond acceptors (Lipinski definition) is 4. The number of halogens is 3. The molecule has 118 valence electrons. The SMILES string of the molecule is Cc1noc(C)c1C(C)NC(=O)c1cc(F)c(F)c(O)c1F. The van der Waals surface area contributed by atoms with E-state index in [4.69, 9.17) is 9.63 Å². The molecule has 2 N–H and O–H groups in total. The predicted octanol–water partition coefficient (Wildman–Crippen LogP) is 2.91. The first-order valence-corrected chi connectivity index (χ1v) is 6.34. The second kappa shape index (κ2) is 5.70. The van der Waals surface area contributed by atoms with Crippen molar-refractivity contribution < 1.29 is 27.6 Å². The summed E-state index contributed by atoms with van der Waals surface area (Å²) in [5.41, 5.74) is 0.342. The first kappa shape index (κ1) is 15.9. The lowest BCUT2D eigenvalue weighted by atomic mass is 10.1. The van der Waals surface area contributed by atoms with Gasteiger partial charge in [-0.15, -0.1) is 0 Å². The number of amides is 1. The number of aromatic hydroxyl groups is 1. The second-order valence-corrected chi connectivity index (χ2v) is 4.82. The van der Waals surface area contributed by atoms with Crippen LogP contribution in [-0.2, 0) is 0 Å². The molecule has 1 amide bonds. The molecule has 0 fully saturated rings. The summed E-state index contributed by atoms with van der Waals surface area (Å²) in [5, 5.41) is 15.3. The maximum Gasteiger partial charge on any atom is 0.254 e. The molecule has 0 bridgehead atoms. The van der Waals surface area contributed by atoms with Crippen LogP contribution in [-0.4, -0.2) is 16.2 Å². The minimum Gasteiger partial charge on any atom is -0.503 e. The van der Waals surface area contributed by atoms with Crippen LogP contribution in [0.25, 0.3) is 0 Å². The van der Waals surface area contributed by atoms with Crippen LogP contribution in [0, 0.1) is 31.3 Å². The summed E-state index contributed by atoms with van der Waals surface area (Å²) >= 11 is 0. The van der Waals surface area contributed by atoms with E-state index in [0.29, 0.717) is 23.1 Å². The van der Waals surface area contributed by atoms with Crippen LogP contribution in [0.4, 0.5) is 13.2 Å². The highest BCUT2D eigenvalue weighted by molar-refractivity contribution is 5.95. The Morgan fingerprint density at radius 3 is 2.50 bits per heavy atom. The Bertz CT molecular complexity index is 724. The molecule has 22 heavy (non-hydrogen) atoms. The van der Waals surface area contributed by atoms with Gasteiger partial charge in [-0.25, -0.2) is 8.78 Å². The van der Waals surface area contributed by atoms with Crippen LogP contribution in [0.1, 0.15) is 40.3 Å². The van der Waals surface area contributed by atoms with Gasteiger partial charge in [0.25, 0.3) is 5.91 Å². The van der Waals surface area contributed by atoms with E-state index in [1.807, 2.05) is 0 Å². The van der Waals surface area contributed by atoms with Gasteiger partial charge in [-0.05, 0) is 26.8 Å². The van der Waals surface area contributed by atoms with Gasteiger partial charge in [0.2, 0.25) is 5.82 Å². The smallest absolute Gasteiger partial charge is 0.254 e. The van der Waals surface area contributed by atoms with E-state index < -0.39 is 40.7 Å². The normalized spacial score (nSPS) is 12.3. The van der Waals surface area contributed by atoms with Crippen molar-refractivity contribution in [3.05, 3.63) is 46.1 Å². The molecular weight excluding hydrogens is 301 g/mol. The number of hydrogen-bond donors (Lipinski definition) is 2. The summed E-state index contributed by atoms with van der Waals surface area (Å²) in [5.74, 6) is -6.85. The monoisotopic (exact) mass is 314 g/mol. The first-order chi connectivity index (χ1) is 10.2. The highest BCUT2D eigenvalue weighted by Crippen LogP contribution is 2.27. The van der Waals surface area contributed by atoms with Gasteiger partial charge in [-0.2, -0.15) is 4.39 Å². The van der Waals surface area contributed by atoms with Crippen molar-refractivity contribution >= 4 is 5.91 Å². The largest absolute Gasteiger partial charge is 0.503 e. The number of carbonyl (C=O) groups excluding carboxylic acids is 1.